The molecule has 2 saturated heterocycles. The van der Waals surface area contributed by atoms with Crippen molar-refractivity contribution in [3.63, 3.8) is 0 Å². The van der Waals surface area contributed by atoms with Crippen LogP contribution in [0.5, 0.6) is 0 Å². The second-order valence-corrected chi connectivity index (χ2v) is 6.22. The number of aliphatic hydroxyl groups is 2. The molecule has 112 valence electrons. The first-order valence-electron chi connectivity index (χ1n) is 5.60. The molecule has 2 aliphatic heterocycles. The molecule has 4 atom stereocenters. The summed E-state index contributed by atoms with van der Waals surface area (Å²) in [6.45, 7) is 2.39. The summed E-state index contributed by atoms with van der Waals surface area (Å²) in [6.07, 6.45) is -2.94. The topological polar surface area (TPSA) is 138 Å². The van der Waals surface area contributed by atoms with Crippen LogP contribution in [0.4, 0.5) is 0 Å². The zero-order valence-electron chi connectivity index (χ0n) is 10.5. The van der Waals surface area contributed by atoms with Gasteiger partial charge in [-0.15, -0.1) is 0 Å². The second-order valence-electron chi connectivity index (χ2n) is 4.99. The second kappa shape index (κ2) is 4.60. The molecule has 1 unspecified atom stereocenters. The summed E-state index contributed by atoms with van der Waals surface area (Å²) in [4.78, 5) is 0. The highest BCUT2D eigenvalue weighted by Gasteiger charge is 2.56. The van der Waals surface area contributed by atoms with Crippen molar-refractivity contribution in [2.75, 3.05) is 13.2 Å². The van der Waals surface area contributed by atoms with E-state index in [-0.39, 0.29) is 6.61 Å². The Labute approximate surface area is 110 Å². The van der Waals surface area contributed by atoms with Gasteiger partial charge in [0.15, 0.2) is 5.79 Å². The summed E-state index contributed by atoms with van der Waals surface area (Å²) < 4.78 is 41.6. The number of fused-ring (bicyclic) bond motifs is 1. The first-order chi connectivity index (χ1) is 8.53. The molecular formula is C9H17NO8S. The highest BCUT2D eigenvalue weighted by atomic mass is 32.2. The first-order valence-corrected chi connectivity index (χ1v) is 7.07. The predicted molar refractivity (Wildman–Crippen MR) is 59.8 cm³/mol. The highest BCUT2D eigenvalue weighted by Crippen LogP contribution is 2.37. The molecule has 0 aliphatic carbocycles. The molecule has 0 spiro atoms. The van der Waals surface area contributed by atoms with Crippen molar-refractivity contribution >= 4 is 10.3 Å². The number of hydrogen-bond donors (Lipinski definition) is 3. The Bertz CT molecular complexity index is 451. The van der Waals surface area contributed by atoms with Gasteiger partial charge in [-0.2, -0.15) is 8.42 Å². The van der Waals surface area contributed by atoms with Gasteiger partial charge in [-0.05, 0) is 13.8 Å². The fourth-order valence-corrected chi connectivity index (χ4v) is 2.45. The molecule has 10 heteroatoms. The molecule has 2 rings (SSSR count). The van der Waals surface area contributed by atoms with E-state index >= 15 is 0 Å². The molecule has 2 heterocycles. The van der Waals surface area contributed by atoms with Gasteiger partial charge in [0, 0.05) is 0 Å². The van der Waals surface area contributed by atoms with Crippen LogP contribution in [0.3, 0.4) is 0 Å². The number of hydrogen-bond acceptors (Lipinski definition) is 8. The van der Waals surface area contributed by atoms with Crippen molar-refractivity contribution in [3.05, 3.63) is 0 Å². The molecule has 9 nitrogen and oxygen atoms in total. The molecule has 0 aromatic carbocycles. The summed E-state index contributed by atoms with van der Waals surface area (Å²) in [7, 11) is -4.25. The molecule has 4 N–H and O–H groups in total. The van der Waals surface area contributed by atoms with E-state index in [1.54, 1.807) is 13.8 Å². The van der Waals surface area contributed by atoms with Crippen molar-refractivity contribution in [1.29, 1.82) is 0 Å². The SMILES string of the molecule is CC1(C)O[C@H]2[C@H](COC(O)(COS(N)(=O)=O)[C@H]2O)O1. The molecule has 0 saturated carbocycles. The van der Waals surface area contributed by atoms with Gasteiger partial charge in [0.2, 0.25) is 5.79 Å². The van der Waals surface area contributed by atoms with Crippen LogP contribution in [0.15, 0.2) is 0 Å². The van der Waals surface area contributed by atoms with Gasteiger partial charge >= 0.3 is 10.3 Å². The molecule has 0 bridgehead atoms. The predicted octanol–water partition coefficient (Wildman–Crippen LogP) is -2.19. The third-order valence-electron chi connectivity index (χ3n) is 2.92. The van der Waals surface area contributed by atoms with Crippen LogP contribution in [0.2, 0.25) is 0 Å². The Kier molecular flexibility index (Phi) is 3.65. The standard InChI is InChI=1S/C9H17NO8S/c1-8(2)17-5-3-15-9(12,4-16-19(10,13)14)7(11)6(5)18-8/h5-7,11-12H,3-4H2,1-2H3,(H2,10,13,14)/t5-,6-,7-,9?/m0/s1. The van der Waals surface area contributed by atoms with E-state index in [4.69, 9.17) is 14.2 Å². The van der Waals surface area contributed by atoms with Gasteiger partial charge in [-0.25, -0.2) is 5.14 Å². The van der Waals surface area contributed by atoms with E-state index in [1.165, 1.54) is 0 Å². The van der Waals surface area contributed by atoms with Crippen LogP contribution in [0, 0.1) is 0 Å². The van der Waals surface area contributed by atoms with E-state index in [1.807, 2.05) is 0 Å². The van der Waals surface area contributed by atoms with Gasteiger partial charge < -0.3 is 24.4 Å². The van der Waals surface area contributed by atoms with Crippen LogP contribution < -0.4 is 5.14 Å². The van der Waals surface area contributed by atoms with Gasteiger partial charge in [0.05, 0.1) is 6.61 Å². The average Bonchev–Trinajstić information content (AvgIpc) is 2.56. The van der Waals surface area contributed by atoms with E-state index in [0.29, 0.717) is 0 Å². The Hall–Kier alpha value is -0.330. The van der Waals surface area contributed by atoms with Crippen LogP contribution >= 0.6 is 0 Å². The normalized spacial score (nSPS) is 42.1. The lowest BCUT2D eigenvalue weighted by Gasteiger charge is -2.40. The average molecular weight is 299 g/mol. The maximum atomic E-state index is 10.7. The minimum atomic E-state index is -4.25. The van der Waals surface area contributed by atoms with Crippen LogP contribution in [0.25, 0.3) is 0 Å². The lowest BCUT2D eigenvalue weighted by Crippen LogP contribution is -2.62. The van der Waals surface area contributed by atoms with E-state index in [0.717, 1.165) is 0 Å². The molecule has 19 heavy (non-hydrogen) atoms. The Morgan fingerprint density at radius 1 is 1.42 bits per heavy atom. The maximum Gasteiger partial charge on any atom is 0.333 e. The number of rotatable bonds is 3. The smallest absolute Gasteiger partial charge is 0.333 e. The molecule has 0 amide bonds. The summed E-state index contributed by atoms with van der Waals surface area (Å²) in [5.74, 6) is -3.15. The first kappa shape index (κ1) is 15.1. The zero-order chi connectivity index (χ0) is 14.5. The monoisotopic (exact) mass is 299 g/mol. The highest BCUT2D eigenvalue weighted by molar-refractivity contribution is 7.84. The fourth-order valence-electron chi connectivity index (χ4n) is 2.12. The summed E-state index contributed by atoms with van der Waals surface area (Å²) in [5, 5.41) is 24.8. The van der Waals surface area contributed by atoms with Crippen molar-refractivity contribution in [3.8, 4) is 0 Å². The van der Waals surface area contributed by atoms with Crippen LogP contribution in [-0.4, -0.2) is 61.7 Å². The molecular weight excluding hydrogens is 282 g/mol. The van der Waals surface area contributed by atoms with E-state index in [2.05, 4.69) is 9.32 Å². The van der Waals surface area contributed by atoms with Crippen molar-refractivity contribution in [2.24, 2.45) is 5.14 Å². The Morgan fingerprint density at radius 2 is 2.05 bits per heavy atom. The third-order valence-corrected chi connectivity index (χ3v) is 3.37. The minimum absolute atomic E-state index is 0.0738. The number of aliphatic hydroxyl groups excluding tert-OH is 1. The van der Waals surface area contributed by atoms with Gasteiger partial charge in [0.25, 0.3) is 0 Å². The number of nitrogens with two attached hydrogens (primary N) is 1. The summed E-state index contributed by atoms with van der Waals surface area (Å²) >= 11 is 0. The minimum Gasteiger partial charge on any atom is -0.385 e. The third kappa shape index (κ3) is 3.23. The summed E-state index contributed by atoms with van der Waals surface area (Å²) in [6, 6.07) is 0. The molecule has 0 aromatic heterocycles. The van der Waals surface area contributed by atoms with Crippen molar-refractivity contribution in [1.82, 2.24) is 0 Å². The van der Waals surface area contributed by atoms with E-state index in [9.17, 15) is 18.6 Å². The molecule has 0 aromatic rings. The van der Waals surface area contributed by atoms with Crippen molar-refractivity contribution in [2.45, 2.75) is 43.7 Å². The van der Waals surface area contributed by atoms with Gasteiger partial charge in [-0.1, -0.05) is 0 Å². The van der Waals surface area contributed by atoms with Gasteiger partial charge in [0.1, 0.15) is 24.9 Å². The molecule has 0 radical (unpaired) electrons. The van der Waals surface area contributed by atoms with Crippen LogP contribution in [-0.2, 0) is 28.7 Å². The summed E-state index contributed by atoms with van der Waals surface area (Å²) in [5.41, 5.74) is 0. The van der Waals surface area contributed by atoms with Gasteiger partial charge in [-0.3, -0.25) is 4.18 Å². The largest absolute Gasteiger partial charge is 0.385 e. The Balaban J connectivity index is 2.09. The Morgan fingerprint density at radius 3 is 2.63 bits per heavy atom. The lowest BCUT2D eigenvalue weighted by atomic mass is 9.98. The van der Waals surface area contributed by atoms with Crippen molar-refractivity contribution < 1.29 is 37.0 Å². The maximum absolute atomic E-state index is 10.7. The molecule has 2 aliphatic rings. The fraction of sp³-hybridized carbons (Fsp3) is 1.00. The lowest BCUT2D eigenvalue weighted by molar-refractivity contribution is -0.315. The van der Waals surface area contributed by atoms with E-state index < -0.39 is 46.8 Å². The van der Waals surface area contributed by atoms with Crippen LogP contribution in [0.1, 0.15) is 13.8 Å². The number of ether oxygens (including phenoxy) is 3. The quantitative estimate of drug-likeness (QED) is 0.534. The molecule has 2 fully saturated rings. The zero-order valence-corrected chi connectivity index (χ0v) is 11.3.